The van der Waals surface area contributed by atoms with Crippen LogP contribution in [0.2, 0.25) is 0 Å². The third kappa shape index (κ3) is 4.52. The van der Waals surface area contributed by atoms with Gasteiger partial charge in [0.15, 0.2) is 0 Å². The number of hydrogen-bond donors (Lipinski definition) is 2. The molecule has 9 nitrogen and oxygen atoms in total. The molecule has 0 bridgehead atoms. The van der Waals surface area contributed by atoms with Crippen LogP contribution in [0.3, 0.4) is 0 Å². The Bertz CT molecular complexity index is 1140. The Morgan fingerprint density at radius 2 is 1.71 bits per heavy atom. The summed E-state index contributed by atoms with van der Waals surface area (Å²) in [4.78, 5) is 0. The van der Waals surface area contributed by atoms with E-state index in [-0.39, 0.29) is 36.0 Å². The first-order valence-corrected chi connectivity index (χ1v) is 16.9. The molecular weight excluding hydrogens is 532 g/mol. The Morgan fingerprint density at radius 1 is 1.05 bits per heavy atom. The average molecular weight is 577 g/mol. The average Bonchev–Trinajstić information content (AvgIpc) is 3.03. The Balaban J connectivity index is 1.51. The van der Waals surface area contributed by atoms with Crippen LogP contribution in [0.1, 0.15) is 92.4 Å². The third-order valence-electron chi connectivity index (χ3n) is 11.1. The molecule has 11 heteroatoms. The maximum Gasteiger partial charge on any atom is 0.419 e. The lowest BCUT2D eigenvalue weighted by Gasteiger charge is -2.63. The highest BCUT2D eigenvalue weighted by Gasteiger charge is 2.71. The van der Waals surface area contributed by atoms with Crippen LogP contribution in [-0.4, -0.2) is 45.0 Å². The standard InChI is InChI=1S/C27H44O9S2/c1-16(2)7-6-8-17(3)22-14-23(29)24-20-10-9-18-13-19(28)15-27(34-37(30,31)36-38(32,33)35-27)26(18,5)21(20)11-12-25(22,24)4/h9,16-17,19-24,28-29H,6-8,10-15H2,1-5H3/t17-,19+,20+,21+,22-,23?,24-,25-,26+/m1/s1. The number of allylic oxidation sites excluding steroid dienone is 1. The van der Waals surface area contributed by atoms with Gasteiger partial charge in [0, 0.05) is 11.8 Å². The van der Waals surface area contributed by atoms with Crippen molar-refractivity contribution in [3.05, 3.63) is 11.6 Å². The van der Waals surface area contributed by atoms with Crippen molar-refractivity contribution >= 4 is 20.8 Å². The van der Waals surface area contributed by atoms with Crippen molar-refractivity contribution in [2.24, 2.45) is 46.3 Å². The fourth-order valence-electron chi connectivity index (χ4n) is 9.49. The first kappa shape index (κ1) is 29.0. The van der Waals surface area contributed by atoms with E-state index in [1.165, 1.54) is 12.8 Å². The lowest BCUT2D eigenvalue weighted by atomic mass is 9.45. The SMILES string of the molecule is CC(C)CCC[C@@H](C)[C@H]1CC(O)[C@H]2[C@H]3CC=C4C[C@H](O)CC5(OS(=O)(=O)OS(=O)(=O)O5)[C@]4(C)[C@H]3CC[C@]12C. The van der Waals surface area contributed by atoms with Gasteiger partial charge in [-0.25, -0.2) is 8.37 Å². The van der Waals surface area contributed by atoms with Crippen molar-refractivity contribution in [3.63, 3.8) is 0 Å². The molecule has 0 aromatic rings. The predicted molar refractivity (Wildman–Crippen MR) is 140 cm³/mol. The molecule has 0 aromatic carbocycles. The second-order valence-corrected chi connectivity index (χ2v) is 16.1. The molecular formula is C27H44O9S2. The minimum atomic E-state index is -4.92. The van der Waals surface area contributed by atoms with E-state index in [0.717, 1.165) is 31.3 Å². The molecule has 218 valence electrons. The number of fused-ring (bicyclic) bond motifs is 6. The van der Waals surface area contributed by atoms with E-state index in [0.29, 0.717) is 24.2 Å². The molecule has 4 fully saturated rings. The summed E-state index contributed by atoms with van der Waals surface area (Å²) in [7, 11) is -9.85. The van der Waals surface area contributed by atoms with E-state index in [4.69, 9.17) is 8.37 Å². The van der Waals surface area contributed by atoms with Crippen LogP contribution in [-0.2, 0) is 32.8 Å². The van der Waals surface area contributed by atoms with Gasteiger partial charge >= 0.3 is 20.8 Å². The van der Waals surface area contributed by atoms with E-state index < -0.39 is 44.2 Å². The van der Waals surface area contributed by atoms with Crippen molar-refractivity contribution in [2.45, 2.75) is 110 Å². The molecule has 1 spiro atoms. The van der Waals surface area contributed by atoms with Gasteiger partial charge in [-0.3, -0.25) is 0 Å². The zero-order valence-electron chi connectivity index (χ0n) is 23.1. The summed E-state index contributed by atoms with van der Waals surface area (Å²) in [6.45, 7) is 10.9. The van der Waals surface area contributed by atoms with Crippen LogP contribution < -0.4 is 0 Å². The number of aliphatic hydroxyl groups is 2. The number of hydrogen-bond acceptors (Lipinski definition) is 9. The molecule has 0 amide bonds. The monoisotopic (exact) mass is 576 g/mol. The van der Waals surface area contributed by atoms with Crippen molar-refractivity contribution in [2.75, 3.05) is 0 Å². The Hall–Kier alpha value is -0.560. The molecule has 1 unspecified atom stereocenters. The first-order valence-electron chi connectivity index (χ1n) is 14.2. The highest BCUT2D eigenvalue weighted by Crippen LogP contribution is 2.70. The minimum absolute atomic E-state index is 0.00191. The van der Waals surface area contributed by atoms with Gasteiger partial charge in [-0.1, -0.05) is 65.5 Å². The van der Waals surface area contributed by atoms with Crippen LogP contribution in [0.5, 0.6) is 0 Å². The fraction of sp³-hybridized carbons (Fsp3) is 0.926. The third-order valence-corrected chi connectivity index (χ3v) is 13.3. The van der Waals surface area contributed by atoms with Gasteiger partial charge in [0.25, 0.3) is 0 Å². The molecule has 3 saturated carbocycles. The fourth-order valence-corrected chi connectivity index (χ4v) is 11.8. The largest absolute Gasteiger partial charge is 0.419 e. The van der Waals surface area contributed by atoms with Crippen LogP contribution in [0.15, 0.2) is 11.6 Å². The summed E-state index contributed by atoms with van der Waals surface area (Å²) in [5.41, 5.74) is -0.461. The molecule has 1 heterocycles. The van der Waals surface area contributed by atoms with Gasteiger partial charge in [0.1, 0.15) is 0 Å². The summed E-state index contributed by atoms with van der Waals surface area (Å²) in [5.74, 6) is -0.815. The van der Waals surface area contributed by atoms with Gasteiger partial charge in [0.2, 0.25) is 5.79 Å². The smallest absolute Gasteiger partial charge is 0.393 e. The van der Waals surface area contributed by atoms with Gasteiger partial charge in [-0.2, -0.15) is 16.8 Å². The molecule has 0 radical (unpaired) electrons. The topological polar surface area (TPSA) is 136 Å². The number of aliphatic hydroxyl groups excluding tert-OH is 2. The number of rotatable bonds is 5. The molecule has 4 aliphatic carbocycles. The zero-order valence-corrected chi connectivity index (χ0v) is 24.8. The van der Waals surface area contributed by atoms with Crippen molar-refractivity contribution in [1.29, 1.82) is 0 Å². The molecule has 5 rings (SSSR count). The Kier molecular flexibility index (Phi) is 7.23. The van der Waals surface area contributed by atoms with Gasteiger partial charge in [0.05, 0.1) is 12.2 Å². The second kappa shape index (κ2) is 9.49. The maximum absolute atomic E-state index is 12.5. The molecule has 2 N–H and O–H groups in total. The van der Waals surface area contributed by atoms with Crippen LogP contribution in [0, 0.1) is 46.3 Å². The highest BCUT2D eigenvalue weighted by atomic mass is 32.3. The van der Waals surface area contributed by atoms with Crippen LogP contribution >= 0.6 is 0 Å². The van der Waals surface area contributed by atoms with E-state index in [9.17, 15) is 27.0 Å². The maximum atomic E-state index is 12.5. The highest BCUT2D eigenvalue weighted by molar-refractivity contribution is 7.95. The molecule has 0 aromatic heterocycles. The van der Waals surface area contributed by atoms with Gasteiger partial charge in [-0.15, -0.1) is 3.63 Å². The quantitative estimate of drug-likeness (QED) is 0.461. The Labute approximate surface area is 228 Å². The van der Waals surface area contributed by atoms with Crippen molar-refractivity contribution in [3.8, 4) is 0 Å². The van der Waals surface area contributed by atoms with E-state index in [1.54, 1.807) is 0 Å². The summed E-state index contributed by atoms with van der Waals surface area (Å²) >= 11 is 0. The molecule has 1 saturated heterocycles. The minimum Gasteiger partial charge on any atom is -0.393 e. The van der Waals surface area contributed by atoms with Crippen LogP contribution in [0.25, 0.3) is 0 Å². The first-order chi connectivity index (χ1) is 17.5. The summed E-state index contributed by atoms with van der Waals surface area (Å²) in [6.07, 6.45) is 6.94. The second-order valence-electron chi connectivity index (χ2n) is 13.6. The van der Waals surface area contributed by atoms with Gasteiger partial charge < -0.3 is 10.2 Å². The molecule has 5 aliphatic rings. The molecule has 1 aliphatic heterocycles. The lowest BCUT2D eigenvalue weighted by molar-refractivity contribution is -0.257. The zero-order chi connectivity index (χ0) is 27.9. The molecule has 9 atom stereocenters. The Morgan fingerprint density at radius 3 is 2.34 bits per heavy atom. The van der Waals surface area contributed by atoms with Crippen LogP contribution in [0.4, 0.5) is 0 Å². The normalized spacial score (nSPS) is 45.6. The summed E-state index contributed by atoms with van der Waals surface area (Å²) in [5, 5.41) is 22.2. The van der Waals surface area contributed by atoms with Crippen molar-refractivity contribution in [1.82, 2.24) is 0 Å². The summed E-state index contributed by atoms with van der Waals surface area (Å²) < 4.78 is 65.0. The van der Waals surface area contributed by atoms with Crippen molar-refractivity contribution < 1.29 is 39.0 Å². The predicted octanol–water partition coefficient (Wildman–Crippen LogP) is 4.22. The van der Waals surface area contributed by atoms with E-state index in [1.807, 2.05) is 13.0 Å². The molecule has 38 heavy (non-hydrogen) atoms. The van der Waals surface area contributed by atoms with E-state index in [2.05, 4.69) is 31.3 Å². The lowest BCUT2D eigenvalue weighted by Crippen LogP contribution is -2.66. The van der Waals surface area contributed by atoms with Gasteiger partial charge in [-0.05, 0) is 73.0 Å². The van der Waals surface area contributed by atoms with E-state index >= 15 is 0 Å². The summed E-state index contributed by atoms with van der Waals surface area (Å²) in [6, 6.07) is 0.